The number of aryl methyl sites for hydroxylation is 1. The van der Waals surface area contributed by atoms with E-state index < -0.39 is 11.6 Å². The van der Waals surface area contributed by atoms with Crippen molar-refractivity contribution in [3.05, 3.63) is 58.6 Å². The number of amides is 1. The van der Waals surface area contributed by atoms with Crippen LogP contribution in [0.3, 0.4) is 0 Å². The molecule has 2 rings (SSSR count). The Labute approximate surface area is 125 Å². The molecule has 0 spiro atoms. The zero-order valence-electron chi connectivity index (χ0n) is 11.2. The molecule has 2 N–H and O–H groups in total. The molecule has 6 heteroatoms. The normalized spacial score (nSPS) is 10.3. The van der Waals surface area contributed by atoms with E-state index in [2.05, 4.69) is 10.6 Å². The molecule has 0 aromatic heterocycles. The van der Waals surface area contributed by atoms with Gasteiger partial charge in [0, 0.05) is 22.5 Å². The average molecular weight is 311 g/mol. The van der Waals surface area contributed by atoms with Gasteiger partial charge in [0.1, 0.15) is 0 Å². The van der Waals surface area contributed by atoms with E-state index in [9.17, 15) is 13.6 Å². The quantitative estimate of drug-likeness (QED) is 0.897. The van der Waals surface area contributed by atoms with Gasteiger partial charge in [0.05, 0.1) is 6.54 Å². The van der Waals surface area contributed by atoms with Gasteiger partial charge >= 0.3 is 0 Å². The zero-order chi connectivity index (χ0) is 15.4. The van der Waals surface area contributed by atoms with Crippen LogP contribution in [0.2, 0.25) is 5.02 Å². The van der Waals surface area contributed by atoms with E-state index >= 15 is 0 Å². The summed E-state index contributed by atoms with van der Waals surface area (Å²) >= 11 is 5.88. The second-order valence-corrected chi connectivity index (χ2v) is 4.93. The summed E-state index contributed by atoms with van der Waals surface area (Å²) in [5.41, 5.74) is 1.88. The Hall–Kier alpha value is -2.14. The number of nitrogens with one attached hydrogen (secondary N) is 2. The van der Waals surface area contributed by atoms with E-state index in [0.29, 0.717) is 5.02 Å². The molecular weight excluding hydrogens is 298 g/mol. The Morgan fingerprint density at radius 3 is 2.62 bits per heavy atom. The van der Waals surface area contributed by atoms with Crippen LogP contribution >= 0.6 is 11.6 Å². The first kappa shape index (κ1) is 15.3. The minimum absolute atomic E-state index is 0.0137. The van der Waals surface area contributed by atoms with Gasteiger partial charge in [0.15, 0.2) is 11.6 Å². The number of benzene rings is 2. The molecule has 0 bridgehead atoms. The lowest BCUT2D eigenvalue weighted by Gasteiger charge is -2.10. The van der Waals surface area contributed by atoms with Crippen molar-refractivity contribution in [2.75, 3.05) is 17.2 Å². The van der Waals surface area contributed by atoms with Crippen LogP contribution in [0.25, 0.3) is 0 Å². The lowest BCUT2D eigenvalue weighted by Crippen LogP contribution is -2.22. The fourth-order valence-corrected chi connectivity index (χ4v) is 1.91. The van der Waals surface area contributed by atoms with Gasteiger partial charge in [-0.05, 0) is 36.8 Å². The third kappa shape index (κ3) is 4.16. The molecule has 0 unspecified atom stereocenters. The molecule has 0 saturated heterocycles. The highest BCUT2D eigenvalue weighted by atomic mass is 35.5. The highest BCUT2D eigenvalue weighted by Crippen LogP contribution is 2.20. The van der Waals surface area contributed by atoms with Crippen LogP contribution in [0.5, 0.6) is 0 Å². The highest BCUT2D eigenvalue weighted by Gasteiger charge is 2.07. The van der Waals surface area contributed by atoms with Crippen LogP contribution in [0.4, 0.5) is 20.2 Å². The van der Waals surface area contributed by atoms with E-state index in [1.165, 1.54) is 6.07 Å². The van der Waals surface area contributed by atoms with E-state index in [1.807, 2.05) is 13.0 Å². The first-order chi connectivity index (χ1) is 9.95. The van der Waals surface area contributed by atoms with Crippen molar-refractivity contribution in [1.82, 2.24) is 0 Å². The Morgan fingerprint density at radius 1 is 1.14 bits per heavy atom. The summed E-state index contributed by atoms with van der Waals surface area (Å²) in [6.45, 7) is 1.87. The van der Waals surface area contributed by atoms with Crippen molar-refractivity contribution < 1.29 is 13.6 Å². The van der Waals surface area contributed by atoms with Gasteiger partial charge in [0.25, 0.3) is 0 Å². The van der Waals surface area contributed by atoms with Crippen molar-refractivity contribution in [1.29, 1.82) is 0 Å². The highest BCUT2D eigenvalue weighted by molar-refractivity contribution is 6.30. The van der Waals surface area contributed by atoms with Crippen LogP contribution in [-0.4, -0.2) is 12.5 Å². The average Bonchev–Trinajstić information content (AvgIpc) is 2.44. The Morgan fingerprint density at radius 2 is 1.90 bits per heavy atom. The monoisotopic (exact) mass is 310 g/mol. The predicted molar refractivity (Wildman–Crippen MR) is 79.7 cm³/mol. The van der Waals surface area contributed by atoms with Crippen molar-refractivity contribution in [2.24, 2.45) is 0 Å². The summed E-state index contributed by atoms with van der Waals surface area (Å²) in [4.78, 5) is 11.8. The minimum Gasteiger partial charge on any atom is -0.376 e. The number of carbonyl (C=O) groups is 1. The molecule has 1 amide bonds. The Kier molecular flexibility index (Phi) is 4.75. The van der Waals surface area contributed by atoms with Gasteiger partial charge in [-0.15, -0.1) is 0 Å². The van der Waals surface area contributed by atoms with Crippen molar-refractivity contribution in [2.45, 2.75) is 6.92 Å². The lowest BCUT2D eigenvalue weighted by atomic mass is 10.2. The van der Waals surface area contributed by atoms with Crippen LogP contribution in [0.15, 0.2) is 36.4 Å². The van der Waals surface area contributed by atoms with E-state index in [-0.39, 0.29) is 18.1 Å². The lowest BCUT2D eigenvalue weighted by molar-refractivity contribution is -0.114. The zero-order valence-corrected chi connectivity index (χ0v) is 12.0. The largest absolute Gasteiger partial charge is 0.376 e. The molecule has 0 saturated carbocycles. The van der Waals surface area contributed by atoms with Crippen LogP contribution in [0, 0.1) is 18.6 Å². The first-order valence-corrected chi connectivity index (χ1v) is 6.58. The number of hydrogen-bond donors (Lipinski definition) is 2. The maximum Gasteiger partial charge on any atom is 0.243 e. The predicted octanol–water partition coefficient (Wildman–Crippen LogP) is 3.98. The fraction of sp³-hybridized carbons (Fsp3) is 0.133. The summed E-state index contributed by atoms with van der Waals surface area (Å²) in [5, 5.41) is 5.97. The summed E-state index contributed by atoms with van der Waals surface area (Å²) in [5.74, 6) is -2.34. The topological polar surface area (TPSA) is 41.1 Å². The third-order valence-electron chi connectivity index (χ3n) is 2.84. The molecule has 0 radical (unpaired) electrons. The summed E-state index contributed by atoms with van der Waals surface area (Å²) in [7, 11) is 0. The molecular formula is C15H13ClF2N2O. The maximum absolute atomic E-state index is 13.0. The molecule has 21 heavy (non-hydrogen) atoms. The van der Waals surface area contributed by atoms with Gasteiger partial charge in [-0.3, -0.25) is 4.79 Å². The van der Waals surface area contributed by atoms with Gasteiger partial charge in [0.2, 0.25) is 5.91 Å². The second-order valence-electron chi connectivity index (χ2n) is 4.49. The fourth-order valence-electron chi connectivity index (χ4n) is 1.74. The standard InChI is InChI=1S/C15H13ClF2N2O/c1-9-2-3-10(16)6-14(9)19-8-15(21)20-11-4-5-12(17)13(18)7-11/h2-7,19H,8H2,1H3,(H,20,21). The molecule has 2 aromatic carbocycles. The van der Waals surface area contributed by atoms with Crippen molar-refractivity contribution >= 4 is 28.9 Å². The summed E-state index contributed by atoms with van der Waals surface area (Å²) in [6, 6.07) is 8.47. The molecule has 0 atom stereocenters. The molecule has 0 aliphatic rings. The maximum atomic E-state index is 13.0. The van der Waals surface area contributed by atoms with Gasteiger partial charge in [-0.2, -0.15) is 0 Å². The van der Waals surface area contributed by atoms with E-state index in [4.69, 9.17) is 11.6 Å². The van der Waals surface area contributed by atoms with Crippen LogP contribution in [-0.2, 0) is 4.79 Å². The van der Waals surface area contributed by atoms with Crippen LogP contribution < -0.4 is 10.6 Å². The molecule has 0 fully saturated rings. The molecule has 0 aliphatic carbocycles. The Balaban J connectivity index is 1.95. The number of halogens is 3. The first-order valence-electron chi connectivity index (χ1n) is 6.20. The number of hydrogen-bond acceptors (Lipinski definition) is 2. The molecule has 3 nitrogen and oxygen atoms in total. The van der Waals surface area contributed by atoms with Gasteiger partial charge in [-0.25, -0.2) is 8.78 Å². The molecule has 2 aromatic rings. The number of anilines is 2. The molecule has 0 aliphatic heterocycles. The minimum atomic E-state index is -1.01. The van der Waals surface area contributed by atoms with E-state index in [0.717, 1.165) is 23.4 Å². The Bertz CT molecular complexity index is 677. The van der Waals surface area contributed by atoms with Gasteiger partial charge < -0.3 is 10.6 Å². The number of carbonyl (C=O) groups excluding carboxylic acids is 1. The van der Waals surface area contributed by atoms with Crippen LogP contribution in [0.1, 0.15) is 5.56 Å². The van der Waals surface area contributed by atoms with Gasteiger partial charge in [-0.1, -0.05) is 17.7 Å². The van der Waals surface area contributed by atoms with Crippen molar-refractivity contribution in [3.63, 3.8) is 0 Å². The van der Waals surface area contributed by atoms with Crippen molar-refractivity contribution in [3.8, 4) is 0 Å². The van der Waals surface area contributed by atoms with E-state index in [1.54, 1.807) is 12.1 Å². The molecule has 110 valence electrons. The molecule has 0 heterocycles. The summed E-state index contributed by atoms with van der Waals surface area (Å²) in [6.07, 6.45) is 0. The number of rotatable bonds is 4. The third-order valence-corrected chi connectivity index (χ3v) is 3.08. The smallest absolute Gasteiger partial charge is 0.243 e. The summed E-state index contributed by atoms with van der Waals surface area (Å²) < 4.78 is 25.8. The second kappa shape index (κ2) is 6.54. The SMILES string of the molecule is Cc1ccc(Cl)cc1NCC(=O)Nc1ccc(F)c(F)c1.